The minimum atomic E-state index is -0.637. The molecule has 1 aliphatic heterocycles. The maximum absolute atomic E-state index is 12.2. The summed E-state index contributed by atoms with van der Waals surface area (Å²) >= 11 is 0. The van der Waals surface area contributed by atoms with Gasteiger partial charge in [0.1, 0.15) is 18.0 Å². The van der Waals surface area contributed by atoms with Crippen molar-refractivity contribution in [2.24, 2.45) is 0 Å². The molecule has 0 bridgehead atoms. The molecule has 0 spiro atoms. The molecule has 2 heterocycles. The van der Waals surface area contributed by atoms with E-state index in [0.29, 0.717) is 45.1 Å². The van der Waals surface area contributed by atoms with Crippen LogP contribution in [0.4, 0.5) is 4.79 Å². The van der Waals surface area contributed by atoms with E-state index in [1.165, 1.54) is 12.1 Å². The van der Waals surface area contributed by atoms with Crippen LogP contribution in [0.25, 0.3) is 0 Å². The Bertz CT molecular complexity index is 763. The summed E-state index contributed by atoms with van der Waals surface area (Å²) in [6, 6.07) is 2.89. The predicted molar refractivity (Wildman–Crippen MR) is 116 cm³/mol. The van der Waals surface area contributed by atoms with Gasteiger partial charge in [-0.15, -0.1) is 0 Å². The maximum atomic E-state index is 12.2. The summed E-state index contributed by atoms with van der Waals surface area (Å²) in [7, 11) is 0. The van der Waals surface area contributed by atoms with Crippen molar-refractivity contribution in [3.63, 3.8) is 0 Å². The molecule has 1 amide bonds. The second kappa shape index (κ2) is 11.7. The predicted octanol–water partition coefficient (Wildman–Crippen LogP) is 2.37. The van der Waals surface area contributed by atoms with Crippen molar-refractivity contribution in [1.29, 1.82) is 0 Å². The van der Waals surface area contributed by atoms with Gasteiger partial charge in [0, 0.05) is 44.9 Å². The van der Waals surface area contributed by atoms with Crippen molar-refractivity contribution in [2.75, 3.05) is 52.5 Å². The molecular formula is C22H33N3O7. The highest BCUT2D eigenvalue weighted by Crippen LogP contribution is 2.17. The van der Waals surface area contributed by atoms with Crippen molar-refractivity contribution in [3.8, 4) is 5.75 Å². The molecule has 1 fully saturated rings. The number of carbonyl (C=O) groups is 3. The molecule has 0 atom stereocenters. The lowest BCUT2D eigenvalue weighted by Crippen LogP contribution is -2.50. The van der Waals surface area contributed by atoms with Gasteiger partial charge in [-0.25, -0.2) is 19.4 Å². The summed E-state index contributed by atoms with van der Waals surface area (Å²) < 4.78 is 21.1. The lowest BCUT2D eigenvalue weighted by Gasteiger charge is -2.35. The van der Waals surface area contributed by atoms with Crippen LogP contribution < -0.4 is 4.74 Å². The van der Waals surface area contributed by atoms with E-state index < -0.39 is 17.5 Å². The third-order valence-corrected chi connectivity index (χ3v) is 4.47. The van der Waals surface area contributed by atoms with E-state index in [0.717, 1.165) is 0 Å². The normalized spacial score (nSPS) is 14.6. The second-order valence-corrected chi connectivity index (χ2v) is 8.17. The fourth-order valence-electron chi connectivity index (χ4n) is 2.98. The fraction of sp³-hybridized carbons (Fsp3) is 0.636. The third-order valence-electron chi connectivity index (χ3n) is 4.47. The van der Waals surface area contributed by atoms with E-state index in [1.807, 2.05) is 20.8 Å². The summed E-state index contributed by atoms with van der Waals surface area (Å²) in [6.07, 6.45) is -0.303. The van der Waals surface area contributed by atoms with E-state index in [2.05, 4.69) is 9.88 Å². The summed E-state index contributed by atoms with van der Waals surface area (Å²) in [6.45, 7) is 12.8. The summed E-state index contributed by atoms with van der Waals surface area (Å²) in [4.78, 5) is 44.2. The first-order valence-corrected chi connectivity index (χ1v) is 10.8. The van der Waals surface area contributed by atoms with Crippen LogP contribution in [0, 0.1) is 0 Å². The van der Waals surface area contributed by atoms with Gasteiger partial charge in [0.05, 0.1) is 13.2 Å². The molecule has 0 saturated carbocycles. The van der Waals surface area contributed by atoms with Crippen LogP contribution in [0.5, 0.6) is 5.75 Å². The smallest absolute Gasteiger partial charge is 0.410 e. The van der Waals surface area contributed by atoms with Gasteiger partial charge >= 0.3 is 18.0 Å². The first-order valence-electron chi connectivity index (χ1n) is 10.8. The quantitative estimate of drug-likeness (QED) is 0.435. The van der Waals surface area contributed by atoms with Gasteiger partial charge in [0.15, 0.2) is 11.4 Å². The number of rotatable bonds is 8. The maximum Gasteiger partial charge on any atom is 0.410 e. The number of piperazine rings is 1. The molecule has 0 N–H and O–H groups in total. The van der Waals surface area contributed by atoms with Crippen molar-refractivity contribution >= 4 is 18.0 Å². The molecule has 0 aliphatic carbocycles. The number of carbonyl (C=O) groups excluding carboxylic acids is 3. The fourth-order valence-corrected chi connectivity index (χ4v) is 2.98. The standard InChI is InChI=1S/C22H33N3O7/c1-6-29-19(26)17-14-16(15-18(23-17)20(27)30-7-2)31-13-12-24-8-10-25(11-9-24)21(28)32-22(3,4)5/h14-15H,6-13H2,1-5H3. The van der Waals surface area contributed by atoms with Crippen molar-refractivity contribution in [2.45, 2.75) is 40.2 Å². The van der Waals surface area contributed by atoms with Crippen LogP contribution in [0.15, 0.2) is 12.1 Å². The highest BCUT2D eigenvalue weighted by Gasteiger charge is 2.25. The Morgan fingerprint density at radius 1 is 0.938 bits per heavy atom. The summed E-state index contributed by atoms with van der Waals surface area (Å²) in [5.41, 5.74) is -0.547. The van der Waals surface area contributed by atoms with Crippen LogP contribution in [0.1, 0.15) is 55.6 Å². The van der Waals surface area contributed by atoms with E-state index in [4.69, 9.17) is 18.9 Å². The Balaban J connectivity index is 1.91. The van der Waals surface area contributed by atoms with Crippen molar-refractivity contribution in [1.82, 2.24) is 14.8 Å². The molecule has 0 aromatic carbocycles. The monoisotopic (exact) mass is 451 g/mol. The van der Waals surface area contributed by atoms with E-state index in [9.17, 15) is 14.4 Å². The highest BCUT2D eigenvalue weighted by atomic mass is 16.6. The van der Waals surface area contributed by atoms with Crippen LogP contribution in [-0.2, 0) is 14.2 Å². The lowest BCUT2D eigenvalue weighted by molar-refractivity contribution is 0.0136. The topological polar surface area (TPSA) is 108 Å². The van der Waals surface area contributed by atoms with Gasteiger partial charge in [-0.05, 0) is 34.6 Å². The van der Waals surface area contributed by atoms with Crippen molar-refractivity contribution < 1.29 is 33.3 Å². The minimum Gasteiger partial charge on any atom is -0.492 e. The average molecular weight is 452 g/mol. The number of nitrogens with zero attached hydrogens (tertiary/aromatic N) is 3. The number of aromatic nitrogens is 1. The zero-order valence-electron chi connectivity index (χ0n) is 19.5. The van der Waals surface area contributed by atoms with Crippen molar-refractivity contribution in [3.05, 3.63) is 23.5 Å². The zero-order valence-corrected chi connectivity index (χ0v) is 19.5. The molecule has 2 rings (SSSR count). The van der Waals surface area contributed by atoms with Crippen LogP contribution in [0.3, 0.4) is 0 Å². The number of ether oxygens (including phenoxy) is 4. The summed E-state index contributed by atoms with van der Waals surface area (Å²) in [5.74, 6) is -0.943. The third kappa shape index (κ3) is 7.99. The molecule has 1 saturated heterocycles. The molecule has 178 valence electrons. The first kappa shape index (κ1) is 25.4. The Hall–Kier alpha value is -2.88. The Morgan fingerprint density at radius 2 is 1.47 bits per heavy atom. The van der Waals surface area contributed by atoms with Crippen LogP contribution in [0.2, 0.25) is 0 Å². The second-order valence-electron chi connectivity index (χ2n) is 8.17. The molecule has 1 aromatic heterocycles. The molecule has 0 unspecified atom stereocenters. The molecule has 1 aromatic rings. The molecule has 1 aliphatic rings. The summed E-state index contributed by atoms with van der Waals surface area (Å²) in [5, 5.41) is 0. The molecule has 10 nitrogen and oxygen atoms in total. The van der Waals surface area contributed by atoms with E-state index in [1.54, 1.807) is 18.7 Å². The zero-order chi connectivity index (χ0) is 23.7. The molecule has 0 radical (unpaired) electrons. The Kier molecular flexibility index (Phi) is 9.25. The molecule has 32 heavy (non-hydrogen) atoms. The molecule has 10 heteroatoms. The SMILES string of the molecule is CCOC(=O)c1cc(OCCN2CCN(C(=O)OC(C)(C)C)CC2)cc(C(=O)OCC)n1. The number of hydrogen-bond donors (Lipinski definition) is 0. The number of pyridine rings is 1. The Morgan fingerprint density at radius 3 is 1.94 bits per heavy atom. The average Bonchev–Trinajstić information content (AvgIpc) is 2.73. The van der Waals surface area contributed by atoms with E-state index >= 15 is 0 Å². The van der Waals surface area contributed by atoms with Gasteiger partial charge in [-0.3, -0.25) is 4.90 Å². The number of esters is 2. The van der Waals surface area contributed by atoms with Gasteiger partial charge in [0.2, 0.25) is 0 Å². The number of hydrogen-bond acceptors (Lipinski definition) is 9. The van der Waals surface area contributed by atoms with Crippen LogP contribution in [-0.4, -0.2) is 91.0 Å². The lowest BCUT2D eigenvalue weighted by atomic mass is 10.2. The highest BCUT2D eigenvalue weighted by molar-refractivity contribution is 5.92. The first-order chi connectivity index (χ1) is 15.1. The Labute approximate surface area is 188 Å². The van der Waals surface area contributed by atoms with Gasteiger partial charge < -0.3 is 23.8 Å². The molecular weight excluding hydrogens is 418 g/mol. The van der Waals surface area contributed by atoms with Gasteiger partial charge in [-0.1, -0.05) is 0 Å². The van der Waals surface area contributed by atoms with Crippen LogP contribution >= 0.6 is 0 Å². The van der Waals surface area contributed by atoms with E-state index in [-0.39, 0.29) is 30.7 Å². The number of amides is 1. The minimum absolute atomic E-state index is 0.0154. The van der Waals surface area contributed by atoms with Gasteiger partial charge in [-0.2, -0.15) is 0 Å². The largest absolute Gasteiger partial charge is 0.492 e. The van der Waals surface area contributed by atoms with Gasteiger partial charge in [0.25, 0.3) is 0 Å².